The van der Waals surface area contributed by atoms with Crippen LogP contribution in [-0.2, 0) is 6.54 Å². The van der Waals surface area contributed by atoms with Crippen LogP contribution in [0, 0.1) is 13.8 Å². The Balaban J connectivity index is 1.30. The van der Waals surface area contributed by atoms with E-state index in [1.54, 1.807) is 12.4 Å². The SMILES string of the molecule is Cc1cccc(N2CCC(NCc3nc(-c4cccnc4)no3)CC2)c1C. The zero-order chi connectivity index (χ0) is 18.6. The topological polar surface area (TPSA) is 67.1 Å². The van der Waals surface area contributed by atoms with Gasteiger partial charge in [-0.3, -0.25) is 4.98 Å². The third-order valence-corrected chi connectivity index (χ3v) is 5.34. The second-order valence-electron chi connectivity index (χ2n) is 7.11. The molecule has 1 N–H and O–H groups in total. The first-order chi connectivity index (χ1) is 13.2. The number of anilines is 1. The highest BCUT2D eigenvalue weighted by molar-refractivity contribution is 5.56. The van der Waals surface area contributed by atoms with E-state index < -0.39 is 0 Å². The molecule has 1 aromatic carbocycles. The van der Waals surface area contributed by atoms with Crippen molar-refractivity contribution in [1.82, 2.24) is 20.4 Å². The van der Waals surface area contributed by atoms with Crippen LogP contribution in [0.2, 0.25) is 0 Å². The molecule has 1 aliphatic heterocycles. The number of aryl methyl sites for hydroxylation is 1. The van der Waals surface area contributed by atoms with E-state index >= 15 is 0 Å². The molecule has 0 amide bonds. The number of nitrogens with zero attached hydrogens (tertiary/aromatic N) is 4. The predicted molar refractivity (Wildman–Crippen MR) is 106 cm³/mol. The van der Waals surface area contributed by atoms with Crippen molar-refractivity contribution >= 4 is 5.69 Å². The van der Waals surface area contributed by atoms with Crippen LogP contribution in [0.1, 0.15) is 29.9 Å². The molecule has 0 saturated carbocycles. The molecule has 4 rings (SSSR count). The molecule has 1 saturated heterocycles. The zero-order valence-corrected chi connectivity index (χ0v) is 15.9. The summed E-state index contributed by atoms with van der Waals surface area (Å²) in [6.07, 6.45) is 5.69. The van der Waals surface area contributed by atoms with Gasteiger partial charge in [-0.15, -0.1) is 0 Å². The number of nitrogens with one attached hydrogen (secondary N) is 1. The van der Waals surface area contributed by atoms with Crippen LogP contribution in [0.4, 0.5) is 5.69 Å². The van der Waals surface area contributed by atoms with Gasteiger partial charge in [0.1, 0.15) is 0 Å². The van der Waals surface area contributed by atoms with E-state index in [-0.39, 0.29) is 0 Å². The van der Waals surface area contributed by atoms with E-state index in [9.17, 15) is 0 Å². The standard InChI is InChI=1S/C21H25N5O/c1-15-5-3-7-19(16(15)2)26-11-8-18(9-12-26)23-14-20-24-21(25-27-20)17-6-4-10-22-13-17/h3-7,10,13,18,23H,8-9,11-12,14H2,1-2H3. The van der Waals surface area contributed by atoms with Crippen LogP contribution in [0.25, 0.3) is 11.4 Å². The highest BCUT2D eigenvalue weighted by Crippen LogP contribution is 2.26. The molecular formula is C21H25N5O. The number of pyridine rings is 1. The van der Waals surface area contributed by atoms with Crippen molar-refractivity contribution in [3.05, 3.63) is 59.7 Å². The van der Waals surface area contributed by atoms with Crippen LogP contribution in [0.3, 0.4) is 0 Å². The fourth-order valence-electron chi connectivity index (χ4n) is 3.57. The Labute approximate surface area is 159 Å². The minimum absolute atomic E-state index is 0.472. The second kappa shape index (κ2) is 7.88. The molecule has 6 nitrogen and oxygen atoms in total. The van der Waals surface area contributed by atoms with E-state index in [2.05, 4.69) is 57.4 Å². The lowest BCUT2D eigenvalue weighted by Crippen LogP contribution is -2.42. The summed E-state index contributed by atoms with van der Waals surface area (Å²) >= 11 is 0. The van der Waals surface area contributed by atoms with Gasteiger partial charge in [0.15, 0.2) is 0 Å². The average molecular weight is 363 g/mol. The van der Waals surface area contributed by atoms with Gasteiger partial charge in [-0.25, -0.2) is 0 Å². The summed E-state index contributed by atoms with van der Waals surface area (Å²) in [5, 5.41) is 7.61. The van der Waals surface area contributed by atoms with Crippen molar-refractivity contribution in [2.24, 2.45) is 0 Å². The molecule has 27 heavy (non-hydrogen) atoms. The number of benzene rings is 1. The van der Waals surface area contributed by atoms with Crippen LogP contribution in [0.15, 0.2) is 47.2 Å². The van der Waals surface area contributed by atoms with Crippen LogP contribution in [0.5, 0.6) is 0 Å². The molecule has 0 bridgehead atoms. The second-order valence-corrected chi connectivity index (χ2v) is 7.11. The number of piperidine rings is 1. The van der Waals surface area contributed by atoms with Crippen molar-refractivity contribution in [2.75, 3.05) is 18.0 Å². The van der Waals surface area contributed by atoms with Gasteiger partial charge in [-0.1, -0.05) is 17.3 Å². The van der Waals surface area contributed by atoms with Crippen molar-refractivity contribution in [2.45, 2.75) is 39.3 Å². The van der Waals surface area contributed by atoms with Gasteiger partial charge < -0.3 is 14.7 Å². The quantitative estimate of drug-likeness (QED) is 0.748. The summed E-state index contributed by atoms with van der Waals surface area (Å²) in [7, 11) is 0. The van der Waals surface area contributed by atoms with Crippen molar-refractivity contribution in [1.29, 1.82) is 0 Å². The molecule has 3 aromatic rings. The maximum Gasteiger partial charge on any atom is 0.240 e. The van der Waals surface area contributed by atoms with E-state index in [0.717, 1.165) is 31.5 Å². The lowest BCUT2D eigenvalue weighted by atomic mass is 10.0. The first-order valence-corrected chi connectivity index (χ1v) is 9.48. The van der Waals surface area contributed by atoms with Crippen molar-refractivity contribution in [3.8, 4) is 11.4 Å². The minimum atomic E-state index is 0.472. The minimum Gasteiger partial charge on any atom is -0.371 e. The van der Waals surface area contributed by atoms with Crippen molar-refractivity contribution in [3.63, 3.8) is 0 Å². The van der Waals surface area contributed by atoms with E-state index in [4.69, 9.17) is 4.52 Å². The highest BCUT2D eigenvalue weighted by atomic mass is 16.5. The molecular weight excluding hydrogens is 338 g/mol. The third kappa shape index (κ3) is 4.01. The molecule has 1 aliphatic rings. The Bertz CT molecular complexity index is 885. The fourth-order valence-corrected chi connectivity index (χ4v) is 3.57. The van der Waals surface area contributed by atoms with Gasteiger partial charge in [-0.05, 0) is 56.0 Å². The molecule has 1 fully saturated rings. The lowest BCUT2D eigenvalue weighted by molar-refractivity contribution is 0.341. The molecule has 0 aliphatic carbocycles. The number of hydrogen-bond donors (Lipinski definition) is 1. The predicted octanol–water partition coefficient (Wildman–Crippen LogP) is 3.51. The van der Waals surface area contributed by atoms with Crippen LogP contribution < -0.4 is 10.2 Å². The third-order valence-electron chi connectivity index (χ3n) is 5.34. The smallest absolute Gasteiger partial charge is 0.240 e. The Morgan fingerprint density at radius 3 is 2.78 bits per heavy atom. The molecule has 2 aromatic heterocycles. The maximum absolute atomic E-state index is 5.37. The summed E-state index contributed by atoms with van der Waals surface area (Å²) in [5.41, 5.74) is 4.98. The molecule has 0 unspecified atom stereocenters. The van der Waals surface area contributed by atoms with Gasteiger partial charge in [0.25, 0.3) is 0 Å². The molecule has 0 spiro atoms. The summed E-state index contributed by atoms with van der Waals surface area (Å²) < 4.78 is 5.37. The van der Waals surface area contributed by atoms with Crippen molar-refractivity contribution < 1.29 is 4.52 Å². The van der Waals surface area contributed by atoms with Crippen LogP contribution in [-0.4, -0.2) is 34.3 Å². The Kier molecular flexibility index (Phi) is 5.16. The highest BCUT2D eigenvalue weighted by Gasteiger charge is 2.21. The summed E-state index contributed by atoms with van der Waals surface area (Å²) in [6.45, 7) is 7.11. The monoisotopic (exact) mass is 363 g/mol. The Morgan fingerprint density at radius 1 is 1.15 bits per heavy atom. The van der Waals surface area contributed by atoms with Gasteiger partial charge in [0, 0.05) is 42.8 Å². The Hall–Kier alpha value is -2.73. The van der Waals surface area contributed by atoms with E-state index in [1.165, 1.54) is 16.8 Å². The van der Waals surface area contributed by atoms with E-state index in [1.807, 2.05) is 12.1 Å². The molecule has 3 heterocycles. The van der Waals surface area contributed by atoms with Gasteiger partial charge >= 0.3 is 0 Å². The normalized spacial score (nSPS) is 15.3. The first kappa shape index (κ1) is 17.7. The summed E-state index contributed by atoms with van der Waals surface area (Å²) in [4.78, 5) is 11.0. The zero-order valence-electron chi connectivity index (χ0n) is 15.9. The lowest BCUT2D eigenvalue weighted by Gasteiger charge is -2.35. The van der Waals surface area contributed by atoms with Gasteiger partial charge in [-0.2, -0.15) is 4.98 Å². The number of aromatic nitrogens is 3. The largest absolute Gasteiger partial charge is 0.371 e. The maximum atomic E-state index is 5.37. The number of hydrogen-bond acceptors (Lipinski definition) is 6. The van der Waals surface area contributed by atoms with E-state index in [0.29, 0.717) is 24.3 Å². The fraction of sp³-hybridized carbons (Fsp3) is 0.381. The summed E-state index contributed by atoms with van der Waals surface area (Å²) in [6, 6.07) is 10.8. The summed E-state index contributed by atoms with van der Waals surface area (Å²) in [5.74, 6) is 1.20. The first-order valence-electron chi connectivity index (χ1n) is 9.48. The number of rotatable bonds is 5. The van der Waals surface area contributed by atoms with Gasteiger partial charge in [0.05, 0.1) is 6.54 Å². The average Bonchev–Trinajstić information content (AvgIpc) is 3.19. The molecule has 6 heteroatoms. The Morgan fingerprint density at radius 2 is 2.00 bits per heavy atom. The molecule has 0 radical (unpaired) electrons. The van der Waals surface area contributed by atoms with Crippen LogP contribution >= 0.6 is 0 Å². The molecule has 0 atom stereocenters. The molecule has 140 valence electrons. The van der Waals surface area contributed by atoms with Gasteiger partial charge in [0.2, 0.25) is 11.7 Å².